The van der Waals surface area contributed by atoms with Crippen molar-refractivity contribution in [3.8, 4) is 0 Å². The molecule has 0 bridgehead atoms. The van der Waals surface area contributed by atoms with Gasteiger partial charge in [-0.2, -0.15) is 0 Å². The standard InChI is InChI=1S/C11H12O/c1-8-3-2-4-9(5-8)10-6-11(12)7-10/h2-5,10H,6-7H2,1H3. The van der Waals surface area contributed by atoms with Gasteiger partial charge in [-0.3, -0.25) is 4.79 Å². The molecule has 1 saturated carbocycles. The highest BCUT2D eigenvalue weighted by atomic mass is 16.1. The summed E-state index contributed by atoms with van der Waals surface area (Å²) in [6.45, 7) is 2.09. The Kier molecular flexibility index (Phi) is 1.72. The van der Waals surface area contributed by atoms with Crippen LogP contribution in [0, 0.1) is 6.92 Å². The quantitative estimate of drug-likeness (QED) is 0.616. The second kappa shape index (κ2) is 2.74. The fraction of sp³-hybridized carbons (Fsp3) is 0.364. The monoisotopic (exact) mass is 160 g/mol. The number of aryl methyl sites for hydroxylation is 1. The van der Waals surface area contributed by atoms with Crippen molar-refractivity contribution in [1.82, 2.24) is 0 Å². The first kappa shape index (κ1) is 7.53. The molecule has 1 nitrogen and oxygen atoms in total. The zero-order valence-electron chi connectivity index (χ0n) is 7.21. The highest BCUT2D eigenvalue weighted by molar-refractivity contribution is 5.86. The molecule has 0 aromatic heterocycles. The second-order valence-corrected chi connectivity index (χ2v) is 3.56. The van der Waals surface area contributed by atoms with Crippen LogP contribution in [0.15, 0.2) is 24.3 Å². The van der Waals surface area contributed by atoms with E-state index in [0.717, 1.165) is 12.8 Å². The Morgan fingerprint density at radius 2 is 2.08 bits per heavy atom. The van der Waals surface area contributed by atoms with Gasteiger partial charge in [0.25, 0.3) is 0 Å². The first-order chi connectivity index (χ1) is 5.75. The lowest BCUT2D eigenvalue weighted by molar-refractivity contribution is -0.124. The van der Waals surface area contributed by atoms with E-state index in [-0.39, 0.29) is 0 Å². The van der Waals surface area contributed by atoms with Crippen LogP contribution in [-0.2, 0) is 4.79 Å². The second-order valence-electron chi connectivity index (χ2n) is 3.56. The Labute approximate surface area is 72.4 Å². The van der Waals surface area contributed by atoms with Gasteiger partial charge in [-0.05, 0) is 18.4 Å². The normalized spacial score (nSPS) is 17.6. The van der Waals surface area contributed by atoms with Gasteiger partial charge in [0.05, 0.1) is 0 Å². The third kappa shape index (κ3) is 1.27. The summed E-state index contributed by atoms with van der Waals surface area (Å²) >= 11 is 0. The molecular weight excluding hydrogens is 148 g/mol. The average molecular weight is 160 g/mol. The first-order valence-corrected chi connectivity index (χ1v) is 4.34. The van der Waals surface area contributed by atoms with E-state index in [1.54, 1.807) is 0 Å². The Bertz CT molecular complexity index is 307. The molecule has 0 radical (unpaired) electrons. The molecular formula is C11H12O. The number of carbonyl (C=O) groups excluding carboxylic acids is 1. The maximum Gasteiger partial charge on any atom is 0.134 e. The smallest absolute Gasteiger partial charge is 0.134 e. The molecule has 0 spiro atoms. The summed E-state index contributed by atoms with van der Waals surface area (Å²) in [7, 11) is 0. The molecule has 0 aliphatic heterocycles. The Balaban J connectivity index is 2.18. The third-order valence-electron chi connectivity index (χ3n) is 2.46. The van der Waals surface area contributed by atoms with Crippen LogP contribution in [0.4, 0.5) is 0 Å². The lowest BCUT2D eigenvalue weighted by Gasteiger charge is -2.24. The number of Topliss-reactive ketones (excluding diaryl/α,β-unsaturated/α-hetero) is 1. The topological polar surface area (TPSA) is 17.1 Å². The first-order valence-electron chi connectivity index (χ1n) is 4.34. The zero-order chi connectivity index (χ0) is 8.55. The fourth-order valence-electron chi connectivity index (χ4n) is 1.65. The van der Waals surface area contributed by atoms with Crippen LogP contribution in [-0.4, -0.2) is 5.78 Å². The van der Waals surface area contributed by atoms with Crippen LogP contribution in [0.2, 0.25) is 0 Å². The summed E-state index contributed by atoms with van der Waals surface area (Å²) < 4.78 is 0. The number of hydrogen-bond acceptors (Lipinski definition) is 1. The highest BCUT2D eigenvalue weighted by Gasteiger charge is 2.27. The van der Waals surface area contributed by atoms with E-state index in [1.807, 2.05) is 0 Å². The lowest BCUT2D eigenvalue weighted by Crippen LogP contribution is -2.20. The maximum atomic E-state index is 10.8. The van der Waals surface area contributed by atoms with Crippen LogP contribution in [0.5, 0.6) is 0 Å². The van der Waals surface area contributed by atoms with Crippen molar-refractivity contribution in [2.75, 3.05) is 0 Å². The van der Waals surface area contributed by atoms with Gasteiger partial charge >= 0.3 is 0 Å². The third-order valence-corrected chi connectivity index (χ3v) is 2.46. The van der Waals surface area contributed by atoms with E-state index in [2.05, 4.69) is 31.2 Å². The number of carbonyl (C=O) groups is 1. The fourth-order valence-corrected chi connectivity index (χ4v) is 1.65. The molecule has 1 fully saturated rings. The molecule has 1 aromatic rings. The Morgan fingerprint density at radius 1 is 1.33 bits per heavy atom. The van der Waals surface area contributed by atoms with Crippen molar-refractivity contribution < 1.29 is 4.79 Å². The van der Waals surface area contributed by atoms with Crippen molar-refractivity contribution in [1.29, 1.82) is 0 Å². The van der Waals surface area contributed by atoms with E-state index in [0.29, 0.717) is 11.7 Å². The maximum absolute atomic E-state index is 10.8. The van der Waals surface area contributed by atoms with Gasteiger partial charge in [0.2, 0.25) is 0 Å². The highest BCUT2D eigenvalue weighted by Crippen LogP contribution is 2.33. The number of benzene rings is 1. The van der Waals surface area contributed by atoms with Crippen molar-refractivity contribution in [2.45, 2.75) is 25.7 Å². The minimum Gasteiger partial charge on any atom is -0.300 e. The van der Waals surface area contributed by atoms with E-state index in [1.165, 1.54) is 11.1 Å². The largest absolute Gasteiger partial charge is 0.300 e. The summed E-state index contributed by atoms with van der Waals surface area (Å²) in [4.78, 5) is 10.8. The van der Waals surface area contributed by atoms with Gasteiger partial charge in [-0.25, -0.2) is 0 Å². The van der Waals surface area contributed by atoms with Crippen LogP contribution >= 0.6 is 0 Å². The number of hydrogen-bond donors (Lipinski definition) is 0. The van der Waals surface area contributed by atoms with Gasteiger partial charge < -0.3 is 0 Å². The predicted octanol–water partition coefficient (Wildman–Crippen LogP) is 2.44. The van der Waals surface area contributed by atoms with E-state index in [9.17, 15) is 4.79 Å². The molecule has 0 atom stereocenters. The average Bonchev–Trinajstić information content (AvgIpc) is 1.99. The molecule has 1 aliphatic rings. The van der Waals surface area contributed by atoms with Crippen molar-refractivity contribution in [2.24, 2.45) is 0 Å². The number of ketones is 1. The molecule has 62 valence electrons. The van der Waals surface area contributed by atoms with Crippen molar-refractivity contribution in [3.63, 3.8) is 0 Å². The molecule has 2 rings (SSSR count). The zero-order valence-corrected chi connectivity index (χ0v) is 7.21. The minimum atomic E-state index is 0.404. The van der Waals surface area contributed by atoms with Gasteiger partial charge in [0, 0.05) is 12.8 Å². The van der Waals surface area contributed by atoms with Crippen LogP contribution in [0.3, 0.4) is 0 Å². The van der Waals surface area contributed by atoms with E-state index in [4.69, 9.17) is 0 Å². The molecule has 0 N–H and O–H groups in total. The van der Waals surface area contributed by atoms with Gasteiger partial charge in [0.15, 0.2) is 0 Å². The molecule has 0 unspecified atom stereocenters. The summed E-state index contributed by atoms with van der Waals surface area (Å²) in [5.74, 6) is 0.916. The molecule has 0 amide bonds. The van der Waals surface area contributed by atoms with E-state index >= 15 is 0 Å². The van der Waals surface area contributed by atoms with Crippen molar-refractivity contribution in [3.05, 3.63) is 35.4 Å². The number of rotatable bonds is 1. The minimum absolute atomic E-state index is 0.404. The molecule has 1 aliphatic carbocycles. The van der Waals surface area contributed by atoms with Gasteiger partial charge in [-0.1, -0.05) is 29.8 Å². The van der Waals surface area contributed by atoms with Gasteiger partial charge in [0.1, 0.15) is 5.78 Å². The van der Waals surface area contributed by atoms with Crippen LogP contribution in [0.1, 0.15) is 29.9 Å². The summed E-state index contributed by atoms with van der Waals surface area (Å²) in [5, 5.41) is 0. The molecule has 1 aromatic carbocycles. The summed E-state index contributed by atoms with van der Waals surface area (Å²) in [6.07, 6.45) is 1.51. The Hall–Kier alpha value is -1.11. The molecule has 1 heteroatoms. The van der Waals surface area contributed by atoms with Gasteiger partial charge in [-0.15, -0.1) is 0 Å². The van der Waals surface area contributed by atoms with E-state index < -0.39 is 0 Å². The van der Waals surface area contributed by atoms with Crippen LogP contribution in [0.25, 0.3) is 0 Å². The van der Waals surface area contributed by atoms with Crippen LogP contribution < -0.4 is 0 Å². The summed E-state index contributed by atoms with van der Waals surface area (Å²) in [6, 6.07) is 8.44. The molecule has 0 saturated heterocycles. The summed E-state index contributed by atoms with van der Waals surface area (Å²) in [5.41, 5.74) is 2.61. The molecule has 0 heterocycles. The SMILES string of the molecule is Cc1cccc(C2CC(=O)C2)c1. The predicted molar refractivity (Wildman–Crippen MR) is 48.2 cm³/mol. The molecule has 12 heavy (non-hydrogen) atoms. The Morgan fingerprint density at radius 3 is 2.67 bits per heavy atom. The van der Waals surface area contributed by atoms with Crippen molar-refractivity contribution >= 4 is 5.78 Å². The lowest BCUT2D eigenvalue weighted by atomic mass is 9.78.